The summed E-state index contributed by atoms with van der Waals surface area (Å²) in [6.45, 7) is 3.70. The quantitative estimate of drug-likeness (QED) is 0.489. The van der Waals surface area contributed by atoms with E-state index < -0.39 is 17.9 Å². The number of anilines is 3. The summed E-state index contributed by atoms with van der Waals surface area (Å²) < 4.78 is 0. The van der Waals surface area contributed by atoms with Crippen LogP contribution in [0.4, 0.5) is 17.5 Å². The van der Waals surface area contributed by atoms with Gasteiger partial charge in [0.1, 0.15) is 17.4 Å². The Morgan fingerprint density at radius 3 is 2.57 bits per heavy atom. The van der Waals surface area contributed by atoms with Gasteiger partial charge in [-0.25, -0.2) is 4.98 Å². The molecular weight excluding hydrogens is 358 g/mol. The molecular formula is C19H21N7O2. The lowest BCUT2D eigenvalue weighted by molar-refractivity contribution is -0.119. The Bertz CT molecular complexity index is 1040. The highest BCUT2D eigenvalue weighted by molar-refractivity contribution is 5.98. The molecule has 0 aliphatic heterocycles. The number of nitrogens with zero attached hydrogens (tertiary/aromatic N) is 3. The number of hydrogen-bond donors (Lipinski definition) is 4. The molecule has 1 aromatic carbocycles. The van der Waals surface area contributed by atoms with E-state index in [1.54, 1.807) is 6.20 Å². The van der Waals surface area contributed by atoms with Crippen LogP contribution in [0.2, 0.25) is 0 Å². The third-order valence-electron chi connectivity index (χ3n) is 4.18. The Kier molecular flexibility index (Phi) is 5.35. The van der Waals surface area contributed by atoms with E-state index >= 15 is 0 Å². The zero-order chi connectivity index (χ0) is 20.3. The molecule has 0 saturated heterocycles. The molecule has 2 amide bonds. The van der Waals surface area contributed by atoms with Crippen molar-refractivity contribution in [3.8, 4) is 0 Å². The number of pyridine rings is 1. The van der Waals surface area contributed by atoms with Gasteiger partial charge in [-0.05, 0) is 24.1 Å². The molecule has 0 aliphatic carbocycles. The van der Waals surface area contributed by atoms with Crippen molar-refractivity contribution in [2.75, 3.05) is 10.6 Å². The fourth-order valence-corrected chi connectivity index (χ4v) is 2.71. The van der Waals surface area contributed by atoms with Gasteiger partial charge in [-0.3, -0.25) is 14.6 Å². The lowest BCUT2D eigenvalue weighted by Gasteiger charge is -2.19. The predicted molar refractivity (Wildman–Crippen MR) is 107 cm³/mol. The van der Waals surface area contributed by atoms with Crippen LogP contribution in [-0.2, 0) is 4.79 Å². The first-order valence-electron chi connectivity index (χ1n) is 8.69. The van der Waals surface area contributed by atoms with Crippen molar-refractivity contribution in [1.82, 2.24) is 15.0 Å². The summed E-state index contributed by atoms with van der Waals surface area (Å²) >= 11 is 0. The molecule has 0 saturated carbocycles. The number of amides is 2. The second-order valence-corrected chi connectivity index (χ2v) is 6.62. The number of nitrogens with two attached hydrogens (primary N) is 2. The largest absolute Gasteiger partial charge is 0.368 e. The van der Waals surface area contributed by atoms with Crippen LogP contribution in [0.15, 0.2) is 42.7 Å². The van der Waals surface area contributed by atoms with Crippen molar-refractivity contribution in [2.24, 2.45) is 17.4 Å². The maximum Gasteiger partial charge on any atom is 0.254 e. The SMILES string of the molecule is CC(C)C(Nc1ncc(C(N)=O)c(Nc2ccc3cccnc3c2)n1)C(N)=O. The van der Waals surface area contributed by atoms with Gasteiger partial charge < -0.3 is 22.1 Å². The van der Waals surface area contributed by atoms with Gasteiger partial charge in [-0.15, -0.1) is 0 Å². The number of benzene rings is 1. The molecule has 3 rings (SSSR count). The minimum Gasteiger partial charge on any atom is -0.368 e. The van der Waals surface area contributed by atoms with Crippen molar-refractivity contribution in [1.29, 1.82) is 0 Å². The predicted octanol–water partition coefficient (Wildman–Crippen LogP) is 1.79. The van der Waals surface area contributed by atoms with Gasteiger partial charge in [0.2, 0.25) is 11.9 Å². The van der Waals surface area contributed by atoms with Crippen LogP contribution in [0.5, 0.6) is 0 Å². The van der Waals surface area contributed by atoms with Crippen LogP contribution in [-0.4, -0.2) is 32.8 Å². The minimum absolute atomic E-state index is 0.0695. The second kappa shape index (κ2) is 7.87. The van der Waals surface area contributed by atoms with Gasteiger partial charge in [0.05, 0.1) is 5.52 Å². The van der Waals surface area contributed by atoms with E-state index in [0.717, 1.165) is 10.9 Å². The van der Waals surface area contributed by atoms with Gasteiger partial charge in [0.15, 0.2) is 0 Å². The van der Waals surface area contributed by atoms with Crippen LogP contribution >= 0.6 is 0 Å². The topological polar surface area (TPSA) is 149 Å². The molecule has 0 radical (unpaired) electrons. The maximum absolute atomic E-state index is 11.8. The van der Waals surface area contributed by atoms with Gasteiger partial charge >= 0.3 is 0 Å². The van der Waals surface area contributed by atoms with E-state index in [0.29, 0.717) is 5.69 Å². The number of rotatable bonds is 7. The average Bonchev–Trinajstić information content (AvgIpc) is 2.65. The van der Waals surface area contributed by atoms with Crippen molar-refractivity contribution in [3.05, 3.63) is 48.3 Å². The lowest BCUT2D eigenvalue weighted by Crippen LogP contribution is -2.40. The van der Waals surface area contributed by atoms with Crippen LogP contribution < -0.4 is 22.1 Å². The van der Waals surface area contributed by atoms with Crippen LogP contribution in [0, 0.1) is 5.92 Å². The number of carbonyl (C=O) groups is 2. The summed E-state index contributed by atoms with van der Waals surface area (Å²) in [7, 11) is 0. The standard InChI is InChI=1S/C19H21N7O2/c1-10(2)15(17(21)28)25-19-23-9-13(16(20)27)18(26-19)24-12-6-5-11-4-3-7-22-14(11)8-12/h3-10,15H,1-2H3,(H2,20,27)(H2,21,28)(H2,23,24,25,26). The highest BCUT2D eigenvalue weighted by Crippen LogP contribution is 2.23. The molecule has 0 spiro atoms. The summed E-state index contributed by atoms with van der Waals surface area (Å²) in [5.74, 6) is -0.896. The van der Waals surface area contributed by atoms with Crippen LogP contribution in [0.1, 0.15) is 24.2 Å². The lowest BCUT2D eigenvalue weighted by atomic mass is 10.0. The zero-order valence-corrected chi connectivity index (χ0v) is 15.5. The Morgan fingerprint density at radius 2 is 1.89 bits per heavy atom. The summed E-state index contributed by atoms with van der Waals surface area (Å²) in [6, 6.07) is 8.71. The summed E-state index contributed by atoms with van der Waals surface area (Å²) in [6.07, 6.45) is 3.00. The molecule has 1 unspecified atom stereocenters. The monoisotopic (exact) mass is 379 g/mol. The highest BCUT2D eigenvalue weighted by atomic mass is 16.1. The van der Waals surface area contributed by atoms with Gasteiger partial charge in [-0.2, -0.15) is 4.98 Å². The smallest absolute Gasteiger partial charge is 0.254 e. The van der Waals surface area contributed by atoms with E-state index in [4.69, 9.17) is 11.5 Å². The summed E-state index contributed by atoms with van der Waals surface area (Å²) in [5, 5.41) is 6.95. The Labute approximate surface area is 161 Å². The number of carbonyl (C=O) groups excluding carboxylic acids is 2. The third kappa shape index (κ3) is 4.14. The third-order valence-corrected chi connectivity index (χ3v) is 4.18. The Morgan fingerprint density at radius 1 is 1.11 bits per heavy atom. The number of nitrogens with one attached hydrogen (secondary N) is 2. The fraction of sp³-hybridized carbons (Fsp3) is 0.211. The zero-order valence-electron chi connectivity index (χ0n) is 15.5. The molecule has 0 bridgehead atoms. The van der Waals surface area contributed by atoms with Crippen molar-refractivity contribution in [3.63, 3.8) is 0 Å². The molecule has 1 atom stereocenters. The van der Waals surface area contributed by atoms with E-state index in [9.17, 15) is 9.59 Å². The number of primary amides is 2. The van der Waals surface area contributed by atoms with Crippen LogP contribution in [0.25, 0.3) is 10.9 Å². The average molecular weight is 379 g/mol. The second-order valence-electron chi connectivity index (χ2n) is 6.62. The van der Waals surface area contributed by atoms with E-state index in [1.807, 2.05) is 44.2 Å². The Balaban J connectivity index is 1.95. The van der Waals surface area contributed by atoms with Crippen LogP contribution in [0.3, 0.4) is 0 Å². The molecule has 9 nitrogen and oxygen atoms in total. The molecule has 6 N–H and O–H groups in total. The number of aromatic nitrogens is 3. The molecule has 2 heterocycles. The van der Waals surface area contributed by atoms with Crippen molar-refractivity contribution >= 4 is 40.2 Å². The van der Waals surface area contributed by atoms with E-state index in [1.165, 1.54) is 6.20 Å². The normalized spacial score (nSPS) is 12.0. The maximum atomic E-state index is 11.8. The number of hydrogen-bond acceptors (Lipinski definition) is 7. The van der Waals surface area contributed by atoms with E-state index in [2.05, 4.69) is 25.6 Å². The minimum atomic E-state index is -0.678. The van der Waals surface area contributed by atoms with Gasteiger partial charge in [0, 0.05) is 23.5 Å². The first-order valence-corrected chi connectivity index (χ1v) is 8.69. The fourth-order valence-electron chi connectivity index (χ4n) is 2.71. The molecule has 0 aliphatic rings. The summed E-state index contributed by atoms with van der Waals surface area (Å²) in [4.78, 5) is 36.1. The van der Waals surface area contributed by atoms with Gasteiger partial charge in [-0.1, -0.05) is 26.0 Å². The molecule has 144 valence electrons. The molecule has 9 heteroatoms. The molecule has 3 aromatic rings. The first kappa shape index (κ1) is 19.0. The molecule has 28 heavy (non-hydrogen) atoms. The van der Waals surface area contributed by atoms with E-state index in [-0.39, 0.29) is 23.2 Å². The highest BCUT2D eigenvalue weighted by Gasteiger charge is 2.21. The molecule has 2 aromatic heterocycles. The van der Waals surface area contributed by atoms with Gasteiger partial charge in [0.25, 0.3) is 5.91 Å². The number of fused-ring (bicyclic) bond motifs is 1. The first-order chi connectivity index (χ1) is 13.3. The summed E-state index contributed by atoms with van der Waals surface area (Å²) in [5.41, 5.74) is 12.4. The van der Waals surface area contributed by atoms with Crippen molar-refractivity contribution in [2.45, 2.75) is 19.9 Å². The van der Waals surface area contributed by atoms with Crippen molar-refractivity contribution < 1.29 is 9.59 Å². The Hall–Kier alpha value is -3.75. The molecule has 0 fully saturated rings.